The smallest absolute Gasteiger partial charge is 0.0292 e. The zero-order chi connectivity index (χ0) is 17.6. The molecule has 3 aromatic carbocycles. The standard InChI is InChI=1S/C24H27N/c1-3-24(25)23-16-14-22(15-17-23)21-12-10-20(11-13-21)9-8-19-6-4-18(2)5-7-19/h4-7,10-17,24H,3,8-9,25H2,1-2H3. The number of aryl methyl sites for hydroxylation is 3. The van der Waals surface area contributed by atoms with Crippen LogP contribution in [0, 0.1) is 6.92 Å². The molecule has 0 saturated carbocycles. The van der Waals surface area contributed by atoms with Crippen LogP contribution in [0.4, 0.5) is 0 Å². The molecule has 0 bridgehead atoms. The van der Waals surface area contributed by atoms with E-state index >= 15 is 0 Å². The van der Waals surface area contributed by atoms with Crippen LogP contribution in [0.5, 0.6) is 0 Å². The van der Waals surface area contributed by atoms with Gasteiger partial charge in [-0.2, -0.15) is 0 Å². The first-order chi connectivity index (χ1) is 12.2. The van der Waals surface area contributed by atoms with Crippen molar-refractivity contribution in [1.29, 1.82) is 0 Å². The minimum atomic E-state index is 0.137. The molecule has 1 nitrogen and oxygen atoms in total. The van der Waals surface area contributed by atoms with Crippen molar-refractivity contribution in [2.75, 3.05) is 0 Å². The number of rotatable bonds is 6. The zero-order valence-corrected chi connectivity index (χ0v) is 15.2. The predicted molar refractivity (Wildman–Crippen MR) is 108 cm³/mol. The van der Waals surface area contributed by atoms with Crippen LogP contribution in [0.1, 0.15) is 41.6 Å². The van der Waals surface area contributed by atoms with Crippen LogP contribution >= 0.6 is 0 Å². The second-order valence-electron chi connectivity index (χ2n) is 6.82. The average Bonchev–Trinajstić information content (AvgIpc) is 2.67. The Labute approximate surface area is 151 Å². The van der Waals surface area contributed by atoms with Crippen molar-refractivity contribution in [3.8, 4) is 11.1 Å². The molecule has 2 N–H and O–H groups in total. The average molecular weight is 329 g/mol. The maximum absolute atomic E-state index is 6.09. The molecule has 0 heterocycles. The van der Waals surface area contributed by atoms with Gasteiger partial charge in [0, 0.05) is 6.04 Å². The summed E-state index contributed by atoms with van der Waals surface area (Å²) in [6.07, 6.45) is 3.13. The fourth-order valence-electron chi connectivity index (χ4n) is 3.07. The highest BCUT2D eigenvalue weighted by Gasteiger charge is 2.04. The second kappa shape index (κ2) is 8.13. The van der Waals surface area contributed by atoms with Crippen molar-refractivity contribution in [1.82, 2.24) is 0 Å². The lowest BCUT2D eigenvalue weighted by Crippen LogP contribution is -2.08. The Morgan fingerprint density at radius 3 is 1.60 bits per heavy atom. The van der Waals surface area contributed by atoms with Crippen molar-refractivity contribution >= 4 is 0 Å². The molecule has 0 radical (unpaired) electrons. The molecule has 0 aliphatic rings. The summed E-state index contributed by atoms with van der Waals surface area (Å²) in [6.45, 7) is 4.25. The summed E-state index contributed by atoms with van der Waals surface area (Å²) in [6, 6.07) is 26.5. The minimum absolute atomic E-state index is 0.137. The molecule has 0 aliphatic heterocycles. The van der Waals surface area contributed by atoms with Gasteiger partial charge in [0.15, 0.2) is 0 Å². The fraction of sp³-hybridized carbons (Fsp3) is 0.250. The van der Waals surface area contributed by atoms with Gasteiger partial charge in [-0.05, 0) is 54.0 Å². The SMILES string of the molecule is CCC(N)c1ccc(-c2ccc(CCc3ccc(C)cc3)cc2)cc1. The maximum atomic E-state index is 6.09. The molecule has 1 heteroatoms. The molecule has 25 heavy (non-hydrogen) atoms. The van der Waals surface area contributed by atoms with Crippen LogP contribution in [-0.4, -0.2) is 0 Å². The van der Waals surface area contributed by atoms with Gasteiger partial charge in [-0.3, -0.25) is 0 Å². The minimum Gasteiger partial charge on any atom is -0.324 e. The van der Waals surface area contributed by atoms with Crippen molar-refractivity contribution in [3.05, 3.63) is 95.1 Å². The van der Waals surface area contributed by atoms with E-state index in [9.17, 15) is 0 Å². The van der Waals surface area contributed by atoms with Gasteiger partial charge in [-0.25, -0.2) is 0 Å². The molecule has 3 aromatic rings. The van der Waals surface area contributed by atoms with E-state index < -0.39 is 0 Å². The highest BCUT2D eigenvalue weighted by molar-refractivity contribution is 5.64. The number of hydrogen-bond acceptors (Lipinski definition) is 1. The Morgan fingerprint density at radius 2 is 1.12 bits per heavy atom. The summed E-state index contributed by atoms with van der Waals surface area (Å²) in [5.74, 6) is 0. The molecule has 0 aliphatic carbocycles. The lowest BCUT2D eigenvalue weighted by molar-refractivity contribution is 0.699. The third-order valence-corrected chi connectivity index (χ3v) is 4.89. The highest BCUT2D eigenvalue weighted by Crippen LogP contribution is 2.23. The Morgan fingerprint density at radius 1 is 0.680 bits per heavy atom. The molecule has 1 unspecified atom stereocenters. The summed E-state index contributed by atoms with van der Waals surface area (Å²) in [4.78, 5) is 0. The van der Waals surface area contributed by atoms with Crippen molar-refractivity contribution in [3.63, 3.8) is 0 Å². The molecule has 0 saturated heterocycles. The lowest BCUT2D eigenvalue weighted by Gasteiger charge is -2.10. The molecule has 0 aromatic heterocycles. The van der Waals surface area contributed by atoms with E-state index in [0.717, 1.165) is 19.3 Å². The summed E-state index contributed by atoms with van der Waals surface area (Å²) in [5, 5.41) is 0. The number of hydrogen-bond donors (Lipinski definition) is 1. The first-order valence-electron chi connectivity index (χ1n) is 9.16. The van der Waals surface area contributed by atoms with Crippen molar-refractivity contribution in [2.24, 2.45) is 5.73 Å². The summed E-state index contributed by atoms with van der Waals surface area (Å²) >= 11 is 0. The maximum Gasteiger partial charge on any atom is 0.0292 e. The van der Waals surface area contributed by atoms with Crippen LogP contribution < -0.4 is 5.73 Å². The van der Waals surface area contributed by atoms with Gasteiger partial charge in [0.25, 0.3) is 0 Å². The molecule has 128 valence electrons. The van der Waals surface area contributed by atoms with Crippen LogP contribution in [0.25, 0.3) is 11.1 Å². The predicted octanol–water partition coefficient (Wildman–Crippen LogP) is 5.86. The summed E-state index contributed by atoms with van der Waals surface area (Å²) in [5.41, 5.74) is 13.9. The Hall–Kier alpha value is -2.38. The van der Waals surface area contributed by atoms with Crippen LogP contribution in [0.3, 0.4) is 0 Å². The Bertz CT molecular complexity index is 783. The number of nitrogens with two attached hydrogens (primary N) is 1. The third-order valence-electron chi connectivity index (χ3n) is 4.89. The van der Waals surface area contributed by atoms with E-state index in [-0.39, 0.29) is 6.04 Å². The first-order valence-corrected chi connectivity index (χ1v) is 9.16. The summed E-state index contributed by atoms with van der Waals surface area (Å²) in [7, 11) is 0. The largest absolute Gasteiger partial charge is 0.324 e. The Kier molecular flexibility index (Phi) is 5.67. The topological polar surface area (TPSA) is 26.0 Å². The van der Waals surface area contributed by atoms with Crippen LogP contribution in [0.15, 0.2) is 72.8 Å². The van der Waals surface area contributed by atoms with Gasteiger partial charge in [-0.15, -0.1) is 0 Å². The Balaban J connectivity index is 1.64. The van der Waals surface area contributed by atoms with Crippen molar-refractivity contribution < 1.29 is 0 Å². The quantitative estimate of drug-likeness (QED) is 0.602. The van der Waals surface area contributed by atoms with Crippen molar-refractivity contribution in [2.45, 2.75) is 39.2 Å². The highest BCUT2D eigenvalue weighted by atomic mass is 14.6. The van der Waals surface area contributed by atoms with E-state index in [4.69, 9.17) is 5.73 Å². The van der Waals surface area contributed by atoms with Gasteiger partial charge < -0.3 is 5.73 Å². The first kappa shape index (κ1) is 17.4. The van der Waals surface area contributed by atoms with Gasteiger partial charge in [-0.1, -0.05) is 85.3 Å². The second-order valence-corrected chi connectivity index (χ2v) is 6.82. The van der Waals surface area contributed by atoms with Crippen LogP contribution in [0.2, 0.25) is 0 Å². The van der Waals surface area contributed by atoms with E-state index in [1.165, 1.54) is 33.4 Å². The molecule has 0 spiro atoms. The number of benzene rings is 3. The lowest BCUT2D eigenvalue weighted by atomic mass is 9.98. The zero-order valence-electron chi connectivity index (χ0n) is 15.2. The van der Waals surface area contributed by atoms with E-state index in [2.05, 4.69) is 86.6 Å². The van der Waals surface area contributed by atoms with E-state index in [1.54, 1.807) is 0 Å². The fourth-order valence-corrected chi connectivity index (χ4v) is 3.07. The molecular weight excluding hydrogens is 302 g/mol. The molecular formula is C24H27N. The molecule has 0 fully saturated rings. The van der Waals surface area contributed by atoms with Gasteiger partial charge in [0.1, 0.15) is 0 Å². The van der Waals surface area contributed by atoms with Crippen LogP contribution in [-0.2, 0) is 12.8 Å². The monoisotopic (exact) mass is 329 g/mol. The van der Waals surface area contributed by atoms with Gasteiger partial charge in [0.2, 0.25) is 0 Å². The summed E-state index contributed by atoms with van der Waals surface area (Å²) < 4.78 is 0. The van der Waals surface area contributed by atoms with Gasteiger partial charge >= 0.3 is 0 Å². The third kappa shape index (κ3) is 4.58. The van der Waals surface area contributed by atoms with E-state index in [1.807, 2.05) is 0 Å². The van der Waals surface area contributed by atoms with E-state index in [0.29, 0.717) is 0 Å². The molecule has 0 amide bonds. The van der Waals surface area contributed by atoms with Gasteiger partial charge in [0.05, 0.1) is 0 Å². The molecule has 1 atom stereocenters. The normalized spacial score (nSPS) is 12.1. The molecule has 3 rings (SSSR count).